The zero-order valence-corrected chi connectivity index (χ0v) is 12.0. The van der Waals surface area contributed by atoms with Crippen LogP contribution in [0.15, 0.2) is 22.7 Å². The van der Waals surface area contributed by atoms with Crippen molar-refractivity contribution in [3.05, 3.63) is 33.8 Å². The number of hydrogen-bond acceptors (Lipinski definition) is 3. The van der Waals surface area contributed by atoms with E-state index in [1.54, 1.807) is 7.11 Å². The molecule has 0 aliphatic rings. The second-order valence-corrected chi connectivity index (χ2v) is 4.98. The van der Waals surface area contributed by atoms with Crippen LogP contribution < -0.4 is 5.32 Å². The summed E-state index contributed by atoms with van der Waals surface area (Å²) in [6.07, 6.45) is 0.822. The molecule has 0 aliphatic carbocycles. The molecule has 0 saturated carbocycles. The minimum absolute atomic E-state index is 0.0962. The smallest absolute Gasteiger partial charge is 0.0585 e. The molecule has 0 aliphatic heterocycles. The Morgan fingerprint density at radius 3 is 2.82 bits per heavy atom. The first kappa shape index (κ1) is 14.6. The van der Waals surface area contributed by atoms with Gasteiger partial charge in [-0.2, -0.15) is 0 Å². The van der Waals surface area contributed by atoms with Crippen LogP contribution in [0.5, 0.6) is 0 Å². The zero-order chi connectivity index (χ0) is 12.7. The van der Waals surface area contributed by atoms with Gasteiger partial charge in [-0.15, -0.1) is 0 Å². The lowest BCUT2D eigenvalue weighted by molar-refractivity contribution is 0.159. The van der Waals surface area contributed by atoms with Gasteiger partial charge in [0.1, 0.15) is 0 Å². The maximum Gasteiger partial charge on any atom is 0.0585 e. The van der Waals surface area contributed by atoms with E-state index in [4.69, 9.17) is 4.74 Å². The SMILES string of the molecule is COCCC(CO)NCc1ccc(Br)c(C)c1. The quantitative estimate of drug-likeness (QED) is 0.812. The molecule has 0 bridgehead atoms. The lowest BCUT2D eigenvalue weighted by atomic mass is 10.1. The van der Waals surface area contributed by atoms with E-state index >= 15 is 0 Å². The molecule has 1 rings (SSSR count). The van der Waals surface area contributed by atoms with Crippen LogP contribution in [0.4, 0.5) is 0 Å². The van der Waals surface area contributed by atoms with Crippen LogP contribution in [0.3, 0.4) is 0 Å². The van der Waals surface area contributed by atoms with Crippen LogP contribution in [0, 0.1) is 6.92 Å². The molecular weight excluding hydrogens is 282 g/mol. The van der Waals surface area contributed by atoms with Crippen molar-refractivity contribution in [2.45, 2.75) is 25.9 Å². The number of rotatable bonds is 7. The Hall–Kier alpha value is -0.420. The van der Waals surface area contributed by atoms with E-state index in [1.165, 1.54) is 11.1 Å². The van der Waals surface area contributed by atoms with Crippen LogP contribution in [0.25, 0.3) is 0 Å². The summed E-state index contributed by atoms with van der Waals surface area (Å²) in [5.74, 6) is 0. The van der Waals surface area contributed by atoms with Gasteiger partial charge in [0.25, 0.3) is 0 Å². The highest BCUT2D eigenvalue weighted by Crippen LogP contribution is 2.17. The van der Waals surface area contributed by atoms with Gasteiger partial charge in [0.2, 0.25) is 0 Å². The van der Waals surface area contributed by atoms with Crippen LogP contribution >= 0.6 is 15.9 Å². The zero-order valence-electron chi connectivity index (χ0n) is 10.4. The van der Waals surface area contributed by atoms with Gasteiger partial charge in [0, 0.05) is 30.8 Å². The fourth-order valence-corrected chi connectivity index (χ4v) is 1.84. The van der Waals surface area contributed by atoms with Crippen molar-refractivity contribution >= 4 is 15.9 Å². The third-order valence-electron chi connectivity index (χ3n) is 2.71. The largest absolute Gasteiger partial charge is 0.395 e. The molecular formula is C13H20BrNO2. The summed E-state index contributed by atoms with van der Waals surface area (Å²) >= 11 is 3.48. The molecule has 3 nitrogen and oxygen atoms in total. The van der Waals surface area contributed by atoms with E-state index in [1.807, 2.05) is 0 Å². The van der Waals surface area contributed by atoms with Gasteiger partial charge in [-0.1, -0.05) is 28.1 Å². The summed E-state index contributed by atoms with van der Waals surface area (Å²) in [7, 11) is 1.67. The maximum absolute atomic E-state index is 9.20. The molecule has 1 aromatic rings. The number of aliphatic hydroxyl groups excluding tert-OH is 1. The lowest BCUT2D eigenvalue weighted by Gasteiger charge is -2.16. The molecule has 0 fully saturated rings. The maximum atomic E-state index is 9.20. The second-order valence-electron chi connectivity index (χ2n) is 4.13. The highest BCUT2D eigenvalue weighted by molar-refractivity contribution is 9.10. The standard InChI is InChI=1S/C13H20BrNO2/c1-10-7-11(3-4-13(10)14)8-15-12(9-16)5-6-17-2/h3-4,7,12,15-16H,5-6,8-9H2,1-2H3. The van der Waals surface area contributed by atoms with E-state index < -0.39 is 0 Å². The van der Waals surface area contributed by atoms with Crippen molar-refractivity contribution in [2.24, 2.45) is 0 Å². The normalized spacial score (nSPS) is 12.7. The minimum atomic E-state index is 0.0962. The number of ether oxygens (including phenoxy) is 1. The fraction of sp³-hybridized carbons (Fsp3) is 0.538. The number of benzene rings is 1. The van der Waals surface area contributed by atoms with Crippen molar-refractivity contribution in [2.75, 3.05) is 20.3 Å². The third-order valence-corrected chi connectivity index (χ3v) is 3.60. The molecule has 96 valence electrons. The number of halogens is 1. The average Bonchev–Trinajstić information content (AvgIpc) is 2.34. The van der Waals surface area contributed by atoms with Crippen molar-refractivity contribution < 1.29 is 9.84 Å². The topological polar surface area (TPSA) is 41.5 Å². The number of nitrogens with one attached hydrogen (secondary N) is 1. The number of methoxy groups -OCH3 is 1. The van der Waals surface area contributed by atoms with Gasteiger partial charge < -0.3 is 15.2 Å². The third kappa shape index (κ3) is 5.17. The summed E-state index contributed by atoms with van der Waals surface area (Å²) in [4.78, 5) is 0. The molecule has 0 amide bonds. The van der Waals surface area contributed by atoms with Crippen LogP contribution in [-0.4, -0.2) is 31.5 Å². The Bertz CT molecular complexity index is 344. The predicted octanol–water partition coefficient (Wildman–Crippen LogP) is 2.24. The molecule has 4 heteroatoms. The van der Waals surface area contributed by atoms with Gasteiger partial charge in [-0.05, 0) is 30.5 Å². The second kappa shape index (κ2) is 7.82. The molecule has 17 heavy (non-hydrogen) atoms. The molecule has 1 unspecified atom stereocenters. The van der Waals surface area contributed by atoms with Crippen LogP contribution in [0.1, 0.15) is 17.5 Å². The van der Waals surface area contributed by atoms with E-state index in [2.05, 4.69) is 46.4 Å². The first-order chi connectivity index (χ1) is 8.17. The molecule has 0 spiro atoms. The monoisotopic (exact) mass is 301 g/mol. The molecule has 1 aromatic carbocycles. The van der Waals surface area contributed by atoms with Crippen molar-refractivity contribution in [1.29, 1.82) is 0 Å². The molecule has 0 radical (unpaired) electrons. The number of hydrogen-bond donors (Lipinski definition) is 2. The summed E-state index contributed by atoms with van der Waals surface area (Å²) in [5, 5.41) is 12.5. The van der Waals surface area contributed by atoms with Gasteiger partial charge in [0.15, 0.2) is 0 Å². The van der Waals surface area contributed by atoms with Crippen molar-refractivity contribution in [1.82, 2.24) is 5.32 Å². The molecule has 1 atom stereocenters. The van der Waals surface area contributed by atoms with Crippen molar-refractivity contribution in [3.63, 3.8) is 0 Å². The Kier molecular flexibility index (Phi) is 6.73. The van der Waals surface area contributed by atoms with Crippen molar-refractivity contribution in [3.8, 4) is 0 Å². The highest BCUT2D eigenvalue weighted by atomic mass is 79.9. The lowest BCUT2D eigenvalue weighted by Crippen LogP contribution is -2.33. The highest BCUT2D eigenvalue weighted by Gasteiger charge is 2.06. The molecule has 0 heterocycles. The Balaban J connectivity index is 2.45. The summed E-state index contributed by atoms with van der Waals surface area (Å²) in [6, 6.07) is 6.37. The first-order valence-corrected chi connectivity index (χ1v) is 6.55. The predicted molar refractivity (Wildman–Crippen MR) is 73.1 cm³/mol. The Morgan fingerprint density at radius 1 is 1.47 bits per heavy atom. The molecule has 2 N–H and O–H groups in total. The Morgan fingerprint density at radius 2 is 2.24 bits per heavy atom. The summed E-state index contributed by atoms with van der Waals surface area (Å²) in [6.45, 7) is 3.64. The number of aliphatic hydroxyl groups is 1. The van der Waals surface area contributed by atoms with E-state index in [0.717, 1.165) is 17.4 Å². The van der Waals surface area contributed by atoms with E-state index in [-0.39, 0.29) is 12.6 Å². The fourth-order valence-electron chi connectivity index (χ4n) is 1.60. The van der Waals surface area contributed by atoms with E-state index in [9.17, 15) is 5.11 Å². The van der Waals surface area contributed by atoms with E-state index in [0.29, 0.717) is 6.61 Å². The van der Waals surface area contributed by atoms with Gasteiger partial charge >= 0.3 is 0 Å². The van der Waals surface area contributed by atoms with Crippen LogP contribution in [0.2, 0.25) is 0 Å². The molecule has 0 aromatic heterocycles. The van der Waals surface area contributed by atoms with Crippen LogP contribution in [-0.2, 0) is 11.3 Å². The first-order valence-electron chi connectivity index (χ1n) is 5.75. The average molecular weight is 302 g/mol. The summed E-state index contributed by atoms with van der Waals surface area (Å²) < 4.78 is 6.13. The van der Waals surface area contributed by atoms with Gasteiger partial charge in [-0.3, -0.25) is 0 Å². The summed E-state index contributed by atoms with van der Waals surface area (Å²) in [5.41, 5.74) is 2.45. The van der Waals surface area contributed by atoms with Gasteiger partial charge in [0.05, 0.1) is 6.61 Å². The molecule has 0 saturated heterocycles. The Labute approximate surface area is 111 Å². The minimum Gasteiger partial charge on any atom is -0.395 e. The van der Waals surface area contributed by atoms with Gasteiger partial charge in [-0.25, -0.2) is 0 Å². The number of aryl methyl sites for hydroxylation is 1.